The number of benzene rings is 3. The van der Waals surface area contributed by atoms with E-state index in [-0.39, 0.29) is 23.5 Å². The zero-order valence-corrected chi connectivity index (χ0v) is 20.3. The summed E-state index contributed by atoms with van der Waals surface area (Å²) in [6, 6.07) is 16.8. The van der Waals surface area contributed by atoms with Crippen LogP contribution in [0.2, 0.25) is 0 Å². The molecule has 10 heteroatoms. The number of carboxylic acids is 1. The molecule has 1 heterocycles. The van der Waals surface area contributed by atoms with Crippen molar-refractivity contribution in [3.63, 3.8) is 0 Å². The molecule has 0 atom stereocenters. The number of alkyl halides is 5. The van der Waals surface area contributed by atoms with Gasteiger partial charge in [0.15, 0.2) is 0 Å². The molecule has 38 heavy (non-hydrogen) atoms. The summed E-state index contributed by atoms with van der Waals surface area (Å²) in [5, 5.41) is 9.09. The van der Waals surface area contributed by atoms with Crippen molar-refractivity contribution in [3.8, 4) is 28.1 Å². The van der Waals surface area contributed by atoms with Crippen molar-refractivity contribution < 1.29 is 36.6 Å². The van der Waals surface area contributed by atoms with E-state index in [0.717, 1.165) is 23.8 Å². The number of nitrogens with one attached hydrogen (secondary N) is 1. The fraction of sp³-hybridized carbons (Fsp3) is 0.214. The maximum atomic E-state index is 15.0. The van der Waals surface area contributed by atoms with E-state index in [1.54, 1.807) is 38.1 Å². The molecule has 0 spiro atoms. The molecule has 0 radical (unpaired) electrons. The molecule has 0 unspecified atom stereocenters. The van der Waals surface area contributed by atoms with Crippen LogP contribution in [0.4, 0.5) is 22.0 Å². The van der Waals surface area contributed by atoms with Crippen molar-refractivity contribution in [2.45, 2.75) is 38.0 Å². The largest absolute Gasteiger partial charge is 0.481 e. The lowest BCUT2D eigenvalue weighted by atomic mass is 9.88. The van der Waals surface area contributed by atoms with Gasteiger partial charge in [-0.1, -0.05) is 56.3 Å². The summed E-state index contributed by atoms with van der Waals surface area (Å²) >= 11 is 0. The Labute approximate surface area is 214 Å². The van der Waals surface area contributed by atoms with Gasteiger partial charge in [0, 0.05) is 11.0 Å². The van der Waals surface area contributed by atoms with Crippen molar-refractivity contribution in [3.05, 3.63) is 95.9 Å². The summed E-state index contributed by atoms with van der Waals surface area (Å²) in [6.45, 7) is 3.24. The van der Waals surface area contributed by atoms with Gasteiger partial charge in [0.05, 0.1) is 29.4 Å². The van der Waals surface area contributed by atoms with Gasteiger partial charge < -0.3 is 14.8 Å². The highest BCUT2D eigenvalue weighted by Crippen LogP contribution is 2.42. The van der Waals surface area contributed by atoms with E-state index in [1.165, 1.54) is 24.4 Å². The molecule has 1 aromatic heterocycles. The van der Waals surface area contributed by atoms with Gasteiger partial charge in [0.25, 0.3) is 0 Å². The molecule has 0 amide bonds. The Morgan fingerprint density at radius 3 is 2.11 bits per heavy atom. The quantitative estimate of drug-likeness (QED) is 0.230. The number of carbonyl (C=O) groups is 1. The van der Waals surface area contributed by atoms with Gasteiger partial charge in [-0.2, -0.15) is 22.0 Å². The number of rotatable bonds is 8. The van der Waals surface area contributed by atoms with Crippen LogP contribution >= 0.6 is 0 Å². The standard InChI is InChI=1S/C28H23F5N2O3/c1-26(2,15-24(36)37)25-34-16-22(35-25)19-10-13-23(21(14-19)27(29,30)31)38-28(32,33)20-11-8-18(9-12-20)17-6-4-3-5-7-17/h3-14,16H,15H2,1-2H3,(H,34,35)(H,36,37). The van der Waals surface area contributed by atoms with Gasteiger partial charge in [-0.3, -0.25) is 4.79 Å². The van der Waals surface area contributed by atoms with Crippen LogP contribution in [0.15, 0.2) is 79.0 Å². The average molecular weight is 530 g/mol. The second-order valence-corrected chi connectivity index (χ2v) is 9.37. The zero-order chi connectivity index (χ0) is 27.7. The van der Waals surface area contributed by atoms with E-state index in [9.17, 15) is 26.7 Å². The minimum atomic E-state index is -5.00. The van der Waals surface area contributed by atoms with Crippen molar-refractivity contribution in [2.24, 2.45) is 0 Å². The molecular weight excluding hydrogens is 507 g/mol. The maximum absolute atomic E-state index is 15.0. The van der Waals surface area contributed by atoms with E-state index in [0.29, 0.717) is 11.6 Å². The van der Waals surface area contributed by atoms with E-state index in [1.807, 2.05) is 6.07 Å². The number of carboxylic acid groups (broad SMARTS) is 1. The number of nitrogens with zero attached hydrogens (tertiary/aromatic N) is 1. The summed E-state index contributed by atoms with van der Waals surface area (Å²) < 4.78 is 76.2. The monoisotopic (exact) mass is 530 g/mol. The Morgan fingerprint density at radius 1 is 0.895 bits per heavy atom. The molecule has 198 valence electrons. The van der Waals surface area contributed by atoms with Crippen molar-refractivity contribution >= 4 is 5.97 Å². The van der Waals surface area contributed by atoms with Gasteiger partial charge in [0.1, 0.15) is 11.6 Å². The highest BCUT2D eigenvalue weighted by atomic mass is 19.4. The minimum Gasteiger partial charge on any atom is -0.481 e. The third-order valence-electron chi connectivity index (χ3n) is 5.97. The highest BCUT2D eigenvalue weighted by Gasteiger charge is 2.40. The number of ether oxygens (including phenoxy) is 1. The topological polar surface area (TPSA) is 75.2 Å². The van der Waals surface area contributed by atoms with Crippen molar-refractivity contribution in [1.82, 2.24) is 9.97 Å². The molecule has 0 aliphatic rings. The number of hydrogen-bond donors (Lipinski definition) is 2. The number of hydrogen-bond acceptors (Lipinski definition) is 3. The van der Waals surface area contributed by atoms with E-state index in [4.69, 9.17) is 5.11 Å². The van der Waals surface area contributed by atoms with Crippen molar-refractivity contribution in [1.29, 1.82) is 0 Å². The SMILES string of the molecule is CC(C)(CC(=O)O)c1ncc(-c2ccc(OC(F)(F)c3ccc(-c4ccccc4)cc3)c(C(F)(F)F)c2)[nH]1. The number of H-pyrrole nitrogens is 1. The fourth-order valence-corrected chi connectivity index (χ4v) is 3.97. The van der Waals surface area contributed by atoms with Crippen LogP contribution in [-0.2, 0) is 22.5 Å². The number of imidazole rings is 1. The maximum Gasteiger partial charge on any atom is 0.426 e. The predicted molar refractivity (Wildman–Crippen MR) is 131 cm³/mol. The first-order valence-electron chi connectivity index (χ1n) is 11.5. The van der Waals surface area contributed by atoms with Gasteiger partial charge >= 0.3 is 18.3 Å². The predicted octanol–water partition coefficient (Wildman–Crippen LogP) is 7.64. The molecule has 4 rings (SSSR count). The van der Waals surface area contributed by atoms with Crippen LogP contribution in [0.5, 0.6) is 5.75 Å². The second-order valence-electron chi connectivity index (χ2n) is 9.37. The fourth-order valence-electron chi connectivity index (χ4n) is 3.97. The third kappa shape index (κ3) is 5.85. The Bertz CT molecular complexity index is 1430. The second kappa shape index (κ2) is 9.92. The summed E-state index contributed by atoms with van der Waals surface area (Å²) in [6.07, 6.45) is -8.04. The molecular formula is C28H23F5N2O3. The summed E-state index contributed by atoms with van der Waals surface area (Å²) in [5.41, 5.74) is -1.27. The molecule has 5 nitrogen and oxygen atoms in total. The average Bonchev–Trinajstić information content (AvgIpc) is 3.35. The Balaban J connectivity index is 1.63. The minimum absolute atomic E-state index is 0.0186. The summed E-state index contributed by atoms with van der Waals surface area (Å²) in [7, 11) is 0. The van der Waals surface area contributed by atoms with Crippen LogP contribution in [0, 0.1) is 0 Å². The van der Waals surface area contributed by atoms with E-state index < -0.39 is 40.5 Å². The molecule has 0 saturated heterocycles. The summed E-state index contributed by atoms with van der Waals surface area (Å²) in [5.74, 6) is -1.84. The Hall–Kier alpha value is -4.21. The third-order valence-corrected chi connectivity index (χ3v) is 5.97. The summed E-state index contributed by atoms with van der Waals surface area (Å²) in [4.78, 5) is 18.1. The smallest absolute Gasteiger partial charge is 0.426 e. The highest BCUT2D eigenvalue weighted by molar-refractivity contribution is 5.69. The molecule has 0 fully saturated rings. The number of aromatic amines is 1. The molecule has 3 aromatic carbocycles. The number of aromatic nitrogens is 2. The number of halogens is 5. The molecule has 4 aromatic rings. The lowest BCUT2D eigenvalue weighted by Crippen LogP contribution is -2.23. The lowest BCUT2D eigenvalue weighted by molar-refractivity contribution is -0.191. The van der Waals surface area contributed by atoms with Gasteiger partial charge in [0.2, 0.25) is 0 Å². The van der Waals surface area contributed by atoms with Gasteiger partial charge in [-0.25, -0.2) is 4.98 Å². The molecule has 0 bridgehead atoms. The van der Waals surface area contributed by atoms with Gasteiger partial charge in [-0.15, -0.1) is 0 Å². The first kappa shape index (κ1) is 26.8. The molecule has 0 aliphatic carbocycles. The molecule has 2 N–H and O–H groups in total. The first-order chi connectivity index (χ1) is 17.8. The van der Waals surface area contributed by atoms with Crippen LogP contribution in [-0.4, -0.2) is 21.0 Å². The zero-order valence-electron chi connectivity index (χ0n) is 20.3. The lowest BCUT2D eigenvalue weighted by Gasteiger charge is -2.22. The van der Waals surface area contributed by atoms with Crippen LogP contribution in [0.3, 0.4) is 0 Å². The van der Waals surface area contributed by atoms with E-state index >= 15 is 0 Å². The number of aliphatic carboxylic acids is 1. The van der Waals surface area contributed by atoms with Crippen LogP contribution < -0.4 is 4.74 Å². The van der Waals surface area contributed by atoms with E-state index in [2.05, 4.69) is 14.7 Å². The molecule has 0 aliphatic heterocycles. The van der Waals surface area contributed by atoms with Crippen molar-refractivity contribution in [2.75, 3.05) is 0 Å². The van der Waals surface area contributed by atoms with Gasteiger partial charge in [-0.05, 0) is 41.5 Å². The Morgan fingerprint density at radius 2 is 1.50 bits per heavy atom. The first-order valence-corrected chi connectivity index (χ1v) is 11.5. The van der Waals surface area contributed by atoms with Crippen LogP contribution in [0.25, 0.3) is 22.4 Å². The molecule has 0 saturated carbocycles. The Kier molecular flexibility index (Phi) is 7.01. The van der Waals surface area contributed by atoms with Crippen LogP contribution in [0.1, 0.15) is 37.2 Å². The normalized spacial score (nSPS) is 12.4.